The SMILES string of the molecule is CCCSC1=NC(=O)C(=Cc2ccc3c(cnn3Cc3ccc(F)cc3C(F)(F)F)c2)S1. The third-order valence-electron chi connectivity index (χ3n) is 4.69. The Bertz CT molecular complexity index is 1250. The summed E-state index contributed by atoms with van der Waals surface area (Å²) in [6.07, 6.45) is -0.382. The molecular weight excluding hydrogens is 462 g/mol. The molecule has 2 aromatic carbocycles. The minimum absolute atomic E-state index is 0.0719. The van der Waals surface area contributed by atoms with Crippen LogP contribution in [0, 0.1) is 5.82 Å². The monoisotopic (exact) mass is 479 g/mol. The van der Waals surface area contributed by atoms with E-state index in [9.17, 15) is 22.4 Å². The summed E-state index contributed by atoms with van der Waals surface area (Å²) < 4.78 is 55.4. The first-order valence-corrected chi connectivity index (χ1v) is 11.5. The molecule has 10 heteroatoms. The van der Waals surface area contributed by atoms with Crippen LogP contribution in [0.2, 0.25) is 0 Å². The molecule has 0 saturated carbocycles. The van der Waals surface area contributed by atoms with Gasteiger partial charge in [-0.1, -0.05) is 42.6 Å². The Balaban J connectivity index is 1.58. The fourth-order valence-corrected chi connectivity index (χ4v) is 5.15. The van der Waals surface area contributed by atoms with Gasteiger partial charge in [0.2, 0.25) is 0 Å². The molecule has 0 aliphatic carbocycles. The molecule has 166 valence electrons. The molecule has 4 nitrogen and oxygen atoms in total. The zero-order chi connectivity index (χ0) is 22.9. The van der Waals surface area contributed by atoms with E-state index in [2.05, 4.69) is 17.0 Å². The van der Waals surface area contributed by atoms with Crippen LogP contribution in [0.3, 0.4) is 0 Å². The number of amides is 1. The van der Waals surface area contributed by atoms with Crippen molar-refractivity contribution in [3.8, 4) is 0 Å². The standard InChI is InChI=1S/C22H17F4N3OS2/c1-2-7-31-21-28-20(30)19(32-21)9-13-3-6-18-15(8-13)11-27-29(18)12-14-4-5-16(23)10-17(14)22(24,25)26/h3-6,8-11H,2,7,12H2,1H3. The molecule has 0 fully saturated rings. The number of aliphatic imine (C=N–C) groups is 1. The van der Waals surface area contributed by atoms with E-state index >= 15 is 0 Å². The van der Waals surface area contributed by atoms with E-state index in [0.29, 0.717) is 21.9 Å². The minimum atomic E-state index is -4.67. The lowest BCUT2D eigenvalue weighted by Gasteiger charge is -2.13. The predicted molar refractivity (Wildman–Crippen MR) is 121 cm³/mol. The maximum Gasteiger partial charge on any atom is 0.416 e. The Morgan fingerprint density at radius 3 is 2.75 bits per heavy atom. The van der Waals surface area contributed by atoms with Crippen LogP contribution >= 0.6 is 23.5 Å². The zero-order valence-electron chi connectivity index (χ0n) is 16.8. The molecule has 0 atom stereocenters. The molecule has 1 aromatic heterocycles. The van der Waals surface area contributed by atoms with E-state index in [0.717, 1.165) is 34.2 Å². The van der Waals surface area contributed by atoms with Crippen LogP contribution in [0.25, 0.3) is 17.0 Å². The fourth-order valence-electron chi connectivity index (χ4n) is 3.23. The molecule has 0 radical (unpaired) electrons. The highest BCUT2D eigenvalue weighted by atomic mass is 32.2. The second kappa shape index (κ2) is 9.11. The summed E-state index contributed by atoms with van der Waals surface area (Å²) in [6.45, 7) is 1.90. The Morgan fingerprint density at radius 2 is 2.00 bits per heavy atom. The number of nitrogens with zero attached hydrogens (tertiary/aromatic N) is 3. The van der Waals surface area contributed by atoms with E-state index in [1.807, 2.05) is 6.07 Å². The van der Waals surface area contributed by atoms with E-state index in [4.69, 9.17) is 0 Å². The molecule has 0 N–H and O–H groups in total. The Labute approximate surface area is 189 Å². The Kier molecular flexibility index (Phi) is 6.43. The first-order chi connectivity index (χ1) is 15.2. The fraction of sp³-hybridized carbons (Fsp3) is 0.227. The van der Waals surface area contributed by atoms with Gasteiger partial charge in [0.25, 0.3) is 5.91 Å². The number of fused-ring (bicyclic) bond motifs is 1. The van der Waals surface area contributed by atoms with Gasteiger partial charge in [-0.15, -0.1) is 0 Å². The molecule has 4 rings (SSSR count). The third kappa shape index (κ3) is 4.91. The first-order valence-electron chi connectivity index (χ1n) is 9.71. The molecule has 1 aliphatic heterocycles. The molecule has 0 saturated heterocycles. The summed E-state index contributed by atoms with van der Waals surface area (Å²) in [4.78, 5) is 16.7. The van der Waals surface area contributed by atoms with E-state index in [1.165, 1.54) is 16.4 Å². The Hall–Kier alpha value is -2.59. The van der Waals surface area contributed by atoms with Crippen molar-refractivity contribution in [2.24, 2.45) is 4.99 Å². The highest BCUT2D eigenvalue weighted by molar-refractivity contribution is 8.41. The van der Waals surface area contributed by atoms with Crippen molar-refractivity contribution in [3.05, 3.63) is 70.0 Å². The number of aromatic nitrogens is 2. The summed E-state index contributed by atoms with van der Waals surface area (Å²) >= 11 is 2.88. The van der Waals surface area contributed by atoms with Gasteiger partial charge in [0.05, 0.1) is 28.7 Å². The van der Waals surface area contributed by atoms with Gasteiger partial charge in [0.1, 0.15) is 10.2 Å². The van der Waals surface area contributed by atoms with Crippen molar-refractivity contribution in [1.29, 1.82) is 0 Å². The largest absolute Gasteiger partial charge is 0.416 e. The smallest absolute Gasteiger partial charge is 0.266 e. The van der Waals surface area contributed by atoms with Crippen molar-refractivity contribution >= 4 is 50.8 Å². The molecular formula is C22H17F4N3OS2. The molecule has 0 spiro atoms. The molecule has 0 unspecified atom stereocenters. The van der Waals surface area contributed by atoms with Gasteiger partial charge in [-0.2, -0.15) is 23.3 Å². The van der Waals surface area contributed by atoms with Crippen LogP contribution in [-0.2, 0) is 17.5 Å². The van der Waals surface area contributed by atoms with Crippen molar-refractivity contribution in [2.45, 2.75) is 26.1 Å². The second-order valence-corrected chi connectivity index (χ2v) is 9.43. The van der Waals surface area contributed by atoms with Gasteiger partial charge in [-0.05, 0) is 53.6 Å². The van der Waals surface area contributed by atoms with Crippen LogP contribution < -0.4 is 0 Å². The van der Waals surface area contributed by atoms with E-state index in [-0.39, 0.29) is 18.0 Å². The molecule has 32 heavy (non-hydrogen) atoms. The number of carbonyl (C=O) groups is 1. The van der Waals surface area contributed by atoms with Gasteiger partial charge < -0.3 is 0 Å². The highest BCUT2D eigenvalue weighted by Gasteiger charge is 2.34. The normalized spacial score (nSPS) is 15.7. The van der Waals surface area contributed by atoms with Crippen molar-refractivity contribution in [1.82, 2.24) is 9.78 Å². The average Bonchev–Trinajstić information content (AvgIpc) is 3.30. The maximum atomic E-state index is 13.4. The number of carbonyl (C=O) groups excluding carboxylic acids is 1. The van der Waals surface area contributed by atoms with Gasteiger partial charge in [0.15, 0.2) is 0 Å². The summed E-state index contributed by atoms with van der Waals surface area (Å²) in [5.41, 5.74) is 0.307. The quantitative estimate of drug-likeness (QED) is 0.316. The van der Waals surface area contributed by atoms with Crippen molar-refractivity contribution in [3.63, 3.8) is 0 Å². The number of halogens is 4. The maximum absolute atomic E-state index is 13.4. The lowest BCUT2D eigenvalue weighted by Crippen LogP contribution is -2.13. The number of hydrogen-bond acceptors (Lipinski definition) is 4. The molecule has 3 aromatic rings. The summed E-state index contributed by atoms with van der Waals surface area (Å²) in [7, 11) is 0. The van der Waals surface area contributed by atoms with E-state index in [1.54, 1.807) is 36.2 Å². The van der Waals surface area contributed by atoms with Crippen LogP contribution in [0.4, 0.5) is 17.6 Å². The second-order valence-electron chi connectivity index (χ2n) is 7.06. The Morgan fingerprint density at radius 1 is 1.19 bits per heavy atom. The summed E-state index contributed by atoms with van der Waals surface area (Å²) in [6, 6.07) is 7.95. The molecule has 2 heterocycles. The molecule has 0 bridgehead atoms. The van der Waals surface area contributed by atoms with Crippen LogP contribution in [0.5, 0.6) is 0 Å². The lowest BCUT2D eigenvalue weighted by molar-refractivity contribution is -0.138. The van der Waals surface area contributed by atoms with Gasteiger partial charge in [0, 0.05) is 5.39 Å². The minimum Gasteiger partial charge on any atom is -0.266 e. The van der Waals surface area contributed by atoms with Crippen molar-refractivity contribution < 1.29 is 22.4 Å². The highest BCUT2D eigenvalue weighted by Crippen LogP contribution is 2.35. The van der Waals surface area contributed by atoms with Crippen LogP contribution in [0.15, 0.2) is 52.5 Å². The van der Waals surface area contributed by atoms with Gasteiger partial charge in [-0.25, -0.2) is 4.39 Å². The number of rotatable bonds is 5. The predicted octanol–water partition coefficient (Wildman–Crippen LogP) is 6.36. The number of thioether (sulfide) groups is 2. The topological polar surface area (TPSA) is 47.2 Å². The van der Waals surface area contributed by atoms with Crippen LogP contribution in [0.1, 0.15) is 30.0 Å². The van der Waals surface area contributed by atoms with Gasteiger partial charge >= 0.3 is 6.18 Å². The van der Waals surface area contributed by atoms with Crippen LogP contribution in [-0.4, -0.2) is 25.8 Å². The summed E-state index contributed by atoms with van der Waals surface area (Å²) in [5.74, 6) is -0.328. The first kappa shape index (κ1) is 22.6. The number of hydrogen-bond donors (Lipinski definition) is 0. The lowest BCUT2D eigenvalue weighted by atomic mass is 10.1. The van der Waals surface area contributed by atoms with E-state index < -0.39 is 17.6 Å². The molecule has 1 amide bonds. The summed E-state index contributed by atoms with van der Waals surface area (Å²) in [5, 5.41) is 4.92. The van der Waals surface area contributed by atoms with Gasteiger partial charge in [-0.3, -0.25) is 9.48 Å². The third-order valence-corrected chi connectivity index (χ3v) is 7.02. The molecule has 1 aliphatic rings. The van der Waals surface area contributed by atoms with Crippen molar-refractivity contribution in [2.75, 3.05) is 5.75 Å². The zero-order valence-corrected chi connectivity index (χ0v) is 18.5. The average molecular weight is 480 g/mol. The number of benzene rings is 2. The number of alkyl halides is 3.